The summed E-state index contributed by atoms with van der Waals surface area (Å²) >= 11 is 0. The van der Waals surface area contributed by atoms with Crippen molar-refractivity contribution in [2.75, 3.05) is 13.7 Å². The van der Waals surface area contributed by atoms with E-state index < -0.39 is 0 Å². The highest BCUT2D eigenvalue weighted by atomic mass is 16.5. The van der Waals surface area contributed by atoms with Gasteiger partial charge in [0.25, 0.3) is 0 Å². The summed E-state index contributed by atoms with van der Waals surface area (Å²) in [4.78, 5) is 0. The molecule has 2 heteroatoms. The summed E-state index contributed by atoms with van der Waals surface area (Å²) < 4.78 is 6.06. The molecule has 0 aromatic heterocycles. The van der Waals surface area contributed by atoms with Gasteiger partial charge in [-0.15, -0.1) is 0 Å². The zero-order valence-electron chi connectivity index (χ0n) is 12.9. The molecule has 1 N–H and O–H groups in total. The molecule has 0 bridgehead atoms. The third kappa shape index (κ3) is 3.29. The molecule has 3 rings (SSSR count). The van der Waals surface area contributed by atoms with Crippen molar-refractivity contribution >= 4 is 10.8 Å². The average Bonchev–Trinajstić information content (AvgIpc) is 2.58. The van der Waals surface area contributed by atoms with Crippen molar-refractivity contribution in [2.24, 2.45) is 0 Å². The molecule has 0 heterocycles. The van der Waals surface area contributed by atoms with Crippen LogP contribution in [0.25, 0.3) is 10.8 Å². The molecule has 0 unspecified atom stereocenters. The standard InChI is InChI=1S/C20H21NO/c1-21-15-19-18-10-6-5-9-17(18)11-12-20(19)22-14-13-16-7-3-2-4-8-16/h2-12,21H,13-15H2,1H3. The molecule has 0 aliphatic heterocycles. The number of ether oxygens (including phenoxy) is 1. The number of hydrogen-bond donors (Lipinski definition) is 1. The molecule has 0 aliphatic carbocycles. The number of nitrogens with one attached hydrogen (secondary N) is 1. The maximum atomic E-state index is 6.06. The maximum absolute atomic E-state index is 6.06. The molecule has 3 aromatic rings. The van der Waals surface area contributed by atoms with Gasteiger partial charge < -0.3 is 10.1 Å². The number of fused-ring (bicyclic) bond motifs is 1. The van der Waals surface area contributed by atoms with Gasteiger partial charge >= 0.3 is 0 Å². The summed E-state index contributed by atoms with van der Waals surface area (Å²) in [6.07, 6.45) is 0.923. The second-order valence-corrected chi connectivity index (χ2v) is 5.38. The Morgan fingerprint density at radius 1 is 0.864 bits per heavy atom. The molecular formula is C20H21NO. The number of hydrogen-bond acceptors (Lipinski definition) is 2. The largest absolute Gasteiger partial charge is 0.493 e. The van der Waals surface area contributed by atoms with Crippen molar-refractivity contribution < 1.29 is 4.74 Å². The first kappa shape index (κ1) is 14.6. The smallest absolute Gasteiger partial charge is 0.124 e. The normalized spacial score (nSPS) is 10.8. The highest BCUT2D eigenvalue weighted by Crippen LogP contribution is 2.28. The molecule has 0 fully saturated rings. The van der Waals surface area contributed by atoms with E-state index in [0.29, 0.717) is 6.61 Å². The van der Waals surface area contributed by atoms with Crippen molar-refractivity contribution in [2.45, 2.75) is 13.0 Å². The molecule has 22 heavy (non-hydrogen) atoms. The Bertz CT molecular complexity index is 737. The SMILES string of the molecule is CNCc1c(OCCc2ccccc2)ccc2ccccc12. The Kier molecular flexibility index (Phi) is 4.71. The second-order valence-electron chi connectivity index (χ2n) is 5.38. The molecule has 0 saturated carbocycles. The van der Waals surface area contributed by atoms with Gasteiger partial charge in [0.1, 0.15) is 5.75 Å². The molecular weight excluding hydrogens is 270 g/mol. The Morgan fingerprint density at radius 3 is 2.45 bits per heavy atom. The first-order valence-corrected chi connectivity index (χ1v) is 7.70. The van der Waals surface area contributed by atoms with E-state index in [2.05, 4.69) is 66.0 Å². The van der Waals surface area contributed by atoms with Crippen LogP contribution >= 0.6 is 0 Å². The van der Waals surface area contributed by atoms with Gasteiger partial charge in [0.2, 0.25) is 0 Å². The molecule has 0 spiro atoms. The van der Waals surface area contributed by atoms with Crippen molar-refractivity contribution in [1.82, 2.24) is 5.32 Å². The third-order valence-electron chi connectivity index (χ3n) is 3.84. The lowest BCUT2D eigenvalue weighted by atomic mass is 10.0. The van der Waals surface area contributed by atoms with Crippen LogP contribution in [0.2, 0.25) is 0 Å². The van der Waals surface area contributed by atoms with Crippen molar-refractivity contribution in [3.8, 4) is 5.75 Å². The lowest BCUT2D eigenvalue weighted by molar-refractivity contribution is 0.318. The van der Waals surface area contributed by atoms with E-state index in [0.717, 1.165) is 18.7 Å². The lowest BCUT2D eigenvalue weighted by Crippen LogP contribution is -2.09. The van der Waals surface area contributed by atoms with E-state index >= 15 is 0 Å². The highest BCUT2D eigenvalue weighted by molar-refractivity contribution is 5.87. The number of rotatable bonds is 6. The van der Waals surface area contributed by atoms with E-state index in [4.69, 9.17) is 4.74 Å². The fraction of sp³-hybridized carbons (Fsp3) is 0.200. The lowest BCUT2D eigenvalue weighted by Gasteiger charge is -2.14. The van der Waals surface area contributed by atoms with Crippen LogP contribution in [-0.2, 0) is 13.0 Å². The minimum atomic E-state index is 0.694. The third-order valence-corrected chi connectivity index (χ3v) is 3.84. The van der Waals surface area contributed by atoms with Gasteiger partial charge in [-0.2, -0.15) is 0 Å². The Hall–Kier alpha value is -2.32. The maximum Gasteiger partial charge on any atom is 0.124 e. The summed E-state index contributed by atoms with van der Waals surface area (Å²) in [6.45, 7) is 1.50. The quantitative estimate of drug-likeness (QED) is 0.735. The van der Waals surface area contributed by atoms with Crippen LogP contribution in [0, 0.1) is 0 Å². The van der Waals surface area contributed by atoms with E-state index in [1.54, 1.807) is 0 Å². The van der Waals surface area contributed by atoms with Crippen LogP contribution < -0.4 is 10.1 Å². The van der Waals surface area contributed by atoms with E-state index in [-0.39, 0.29) is 0 Å². The Morgan fingerprint density at radius 2 is 1.64 bits per heavy atom. The second kappa shape index (κ2) is 7.10. The van der Waals surface area contributed by atoms with Crippen LogP contribution in [0.3, 0.4) is 0 Å². The van der Waals surface area contributed by atoms with E-state index in [1.165, 1.54) is 21.9 Å². The fourth-order valence-corrected chi connectivity index (χ4v) is 2.73. The monoisotopic (exact) mass is 291 g/mol. The van der Waals surface area contributed by atoms with Gasteiger partial charge in [0.15, 0.2) is 0 Å². The zero-order valence-corrected chi connectivity index (χ0v) is 12.9. The van der Waals surface area contributed by atoms with Gasteiger partial charge in [0, 0.05) is 18.5 Å². The molecule has 0 radical (unpaired) electrons. The van der Waals surface area contributed by atoms with Crippen LogP contribution in [0.1, 0.15) is 11.1 Å². The van der Waals surface area contributed by atoms with Crippen molar-refractivity contribution in [3.05, 3.63) is 77.9 Å². The van der Waals surface area contributed by atoms with Gasteiger partial charge in [-0.25, -0.2) is 0 Å². The Balaban J connectivity index is 1.79. The zero-order chi connectivity index (χ0) is 15.2. The predicted molar refractivity (Wildman–Crippen MR) is 92.4 cm³/mol. The van der Waals surface area contributed by atoms with Gasteiger partial charge in [-0.1, -0.05) is 60.7 Å². The highest BCUT2D eigenvalue weighted by Gasteiger charge is 2.08. The van der Waals surface area contributed by atoms with Crippen LogP contribution in [0.15, 0.2) is 66.7 Å². The van der Waals surface area contributed by atoms with Gasteiger partial charge in [0.05, 0.1) is 6.61 Å². The molecule has 3 aromatic carbocycles. The Labute approximate surface area is 131 Å². The molecule has 0 atom stereocenters. The van der Waals surface area contributed by atoms with Gasteiger partial charge in [-0.3, -0.25) is 0 Å². The van der Waals surface area contributed by atoms with Crippen LogP contribution in [0.4, 0.5) is 0 Å². The van der Waals surface area contributed by atoms with Crippen LogP contribution in [0.5, 0.6) is 5.75 Å². The fourth-order valence-electron chi connectivity index (χ4n) is 2.73. The molecule has 0 amide bonds. The molecule has 0 saturated heterocycles. The van der Waals surface area contributed by atoms with Crippen molar-refractivity contribution in [3.63, 3.8) is 0 Å². The summed E-state index contributed by atoms with van der Waals surface area (Å²) in [7, 11) is 1.97. The number of benzene rings is 3. The first-order valence-electron chi connectivity index (χ1n) is 7.70. The van der Waals surface area contributed by atoms with E-state index in [9.17, 15) is 0 Å². The molecule has 0 aliphatic rings. The summed E-state index contributed by atoms with van der Waals surface area (Å²) in [5.41, 5.74) is 2.53. The topological polar surface area (TPSA) is 21.3 Å². The minimum absolute atomic E-state index is 0.694. The summed E-state index contributed by atoms with van der Waals surface area (Å²) in [5, 5.41) is 5.76. The molecule has 112 valence electrons. The molecule has 2 nitrogen and oxygen atoms in total. The van der Waals surface area contributed by atoms with Gasteiger partial charge in [-0.05, 0) is 29.4 Å². The average molecular weight is 291 g/mol. The summed E-state index contributed by atoms with van der Waals surface area (Å²) in [6, 6.07) is 23.1. The summed E-state index contributed by atoms with van der Waals surface area (Å²) in [5.74, 6) is 0.976. The first-order chi connectivity index (χ1) is 10.9. The minimum Gasteiger partial charge on any atom is -0.493 e. The predicted octanol–water partition coefficient (Wildman–Crippen LogP) is 4.18. The van der Waals surface area contributed by atoms with Crippen molar-refractivity contribution in [1.29, 1.82) is 0 Å². The van der Waals surface area contributed by atoms with E-state index in [1.807, 2.05) is 13.1 Å². The van der Waals surface area contributed by atoms with Crippen LogP contribution in [-0.4, -0.2) is 13.7 Å².